The van der Waals surface area contributed by atoms with Crippen molar-refractivity contribution >= 4 is 23.8 Å². The first-order valence-electron chi connectivity index (χ1n) is 5.09. The van der Waals surface area contributed by atoms with Crippen molar-refractivity contribution in [3.8, 4) is 11.3 Å². The number of hydrazone groups is 1. The van der Waals surface area contributed by atoms with E-state index in [1.165, 1.54) is 6.21 Å². The van der Waals surface area contributed by atoms with Crippen molar-refractivity contribution in [3.05, 3.63) is 47.2 Å². The van der Waals surface area contributed by atoms with Crippen molar-refractivity contribution in [1.29, 1.82) is 0 Å². The molecule has 0 fully saturated rings. The van der Waals surface area contributed by atoms with Gasteiger partial charge in [0.05, 0.1) is 6.21 Å². The normalized spacial score (nSPS) is 10.7. The number of carbonyl (C=O) groups is 1. The molecule has 0 bridgehead atoms. The molecule has 18 heavy (non-hydrogen) atoms. The predicted molar refractivity (Wildman–Crippen MR) is 69.5 cm³/mol. The van der Waals surface area contributed by atoms with E-state index in [9.17, 15) is 4.79 Å². The van der Waals surface area contributed by atoms with E-state index in [-0.39, 0.29) is 0 Å². The molecule has 2 amide bonds. The van der Waals surface area contributed by atoms with Crippen molar-refractivity contribution in [3.63, 3.8) is 0 Å². The zero-order valence-corrected chi connectivity index (χ0v) is 10.0. The molecule has 5 nitrogen and oxygen atoms in total. The lowest BCUT2D eigenvalue weighted by Crippen LogP contribution is -2.24. The van der Waals surface area contributed by atoms with Gasteiger partial charge < -0.3 is 10.2 Å². The van der Waals surface area contributed by atoms with E-state index in [0.717, 1.165) is 5.56 Å². The predicted octanol–water partition coefficient (Wildman–Crippen LogP) is 2.60. The molecule has 0 saturated carbocycles. The van der Waals surface area contributed by atoms with Gasteiger partial charge >= 0.3 is 6.03 Å². The zero-order chi connectivity index (χ0) is 13.0. The smallest absolute Gasteiger partial charge is 0.332 e. The summed E-state index contributed by atoms with van der Waals surface area (Å²) in [7, 11) is 0. The van der Waals surface area contributed by atoms with Gasteiger partial charge in [-0.2, -0.15) is 5.10 Å². The Balaban J connectivity index is 2.15. The lowest BCUT2D eigenvalue weighted by atomic mass is 10.2. The Kier molecular flexibility index (Phi) is 3.64. The van der Waals surface area contributed by atoms with Crippen molar-refractivity contribution in [2.24, 2.45) is 10.8 Å². The fraction of sp³-hybridized carbons (Fsp3) is 0. The second-order valence-electron chi connectivity index (χ2n) is 3.45. The molecular weight excluding hydrogens is 254 g/mol. The van der Waals surface area contributed by atoms with Crippen LogP contribution < -0.4 is 11.2 Å². The van der Waals surface area contributed by atoms with Crippen molar-refractivity contribution in [2.45, 2.75) is 0 Å². The number of hydrogen-bond acceptors (Lipinski definition) is 3. The summed E-state index contributed by atoms with van der Waals surface area (Å²) < 4.78 is 5.51. The number of nitrogens with zero attached hydrogens (tertiary/aromatic N) is 1. The molecule has 3 N–H and O–H groups in total. The summed E-state index contributed by atoms with van der Waals surface area (Å²) in [5.74, 6) is 1.16. The van der Waals surface area contributed by atoms with Crippen LogP contribution in [0.3, 0.4) is 0 Å². The van der Waals surface area contributed by atoms with Crippen LogP contribution in [0.5, 0.6) is 0 Å². The molecule has 1 aromatic carbocycles. The standard InChI is InChI=1S/C12H10ClN3O2/c13-9-3-1-2-8(6-9)11-5-4-10(18-11)7-15-16-12(14)17/h1-7H,(H3,14,16,17)/b15-7+. The molecule has 0 radical (unpaired) electrons. The summed E-state index contributed by atoms with van der Waals surface area (Å²) in [6.07, 6.45) is 1.36. The molecule has 0 unspecified atom stereocenters. The van der Waals surface area contributed by atoms with E-state index in [1.54, 1.807) is 24.3 Å². The van der Waals surface area contributed by atoms with E-state index in [1.807, 2.05) is 12.1 Å². The number of furan rings is 1. The van der Waals surface area contributed by atoms with Crippen LogP contribution >= 0.6 is 11.6 Å². The van der Waals surface area contributed by atoms with Gasteiger partial charge in [0.1, 0.15) is 11.5 Å². The number of primary amides is 1. The van der Waals surface area contributed by atoms with Crippen LogP contribution in [0, 0.1) is 0 Å². The molecule has 0 atom stereocenters. The van der Waals surface area contributed by atoms with E-state index < -0.39 is 6.03 Å². The van der Waals surface area contributed by atoms with E-state index in [4.69, 9.17) is 21.8 Å². The third kappa shape index (κ3) is 3.11. The van der Waals surface area contributed by atoms with Crippen LogP contribution in [0.25, 0.3) is 11.3 Å². The topological polar surface area (TPSA) is 80.6 Å². The van der Waals surface area contributed by atoms with Gasteiger partial charge in [-0.15, -0.1) is 0 Å². The van der Waals surface area contributed by atoms with Crippen LogP contribution in [0.4, 0.5) is 4.79 Å². The molecule has 0 aliphatic carbocycles. The lowest BCUT2D eigenvalue weighted by molar-refractivity contribution is 0.249. The molecule has 0 spiro atoms. The summed E-state index contributed by atoms with van der Waals surface area (Å²) in [5, 5.41) is 4.23. The monoisotopic (exact) mass is 263 g/mol. The molecular formula is C12H10ClN3O2. The van der Waals surface area contributed by atoms with Crippen LogP contribution in [0.2, 0.25) is 5.02 Å². The van der Waals surface area contributed by atoms with Gasteiger partial charge in [0.2, 0.25) is 0 Å². The number of nitrogens with two attached hydrogens (primary N) is 1. The second-order valence-corrected chi connectivity index (χ2v) is 3.88. The number of halogens is 1. The first kappa shape index (κ1) is 12.2. The maximum absolute atomic E-state index is 10.4. The number of nitrogens with one attached hydrogen (secondary N) is 1. The number of hydrogen-bond donors (Lipinski definition) is 2. The fourth-order valence-corrected chi connectivity index (χ4v) is 1.57. The summed E-state index contributed by atoms with van der Waals surface area (Å²) in [4.78, 5) is 10.4. The van der Waals surface area contributed by atoms with Crippen LogP contribution in [-0.4, -0.2) is 12.2 Å². The summed E-state index contributed by atoms with van der Waals surface area (Å²) in [6.45, 7) is 0. The average molecular weight is 264 g/mol. The molecule has 0 saturated heterocycles. The van der Waals surface area contributed by atoms with Gasteiger partial charge in [0.25, 0.3) is 0 Å². The number of carbonyl (C=O) groups excluding carboxylic acids is 1. The van der Waals surface area contributed by atoms with Gasteiger partial charge in [0.15, 0.2) is 0 Å². The highest BCUT2D eigenvalue weighted by Crippen LogP contribution is 2.24. The Bertz CT molecular complexity index is 593. The first-order chi connectivity index (χ1) is 8.65. The van der Waals surface area contributed by atoms with Crippen LogP contribution in [0.1, 0.15) is 5.76 Å². The quantitative estimate of drug-likeness (QED) is 0.659. The first-order valence-corrected chi connectivity index (χ1v) is 5.47. The minimum absolute atomic E-state index is 0.499. The van der Waals surface area contributed by atoms with Gasteiger partial charge in [-0.25, -0.2) is 10.2 Å². The number of rotatable bonds is 3. The highest BCUT2D eigenvalue weighted by molar-refractivity contribution is 6.30. The zero-order valence-electron chi connectivity index (χ0n) is 9.26. The Hall–Kier alpha value is -2.27. The van der Waals surface area contributed by atoms with Gasteiger partial charge in [0, 0.05) is 10.6 Å². The minimum Gasteiger partial charge on any atom is -0.455 e. The third-order valence-electron chi connectivity index (χ3n) is 2.10. The van der Waals surface area contributed by atoms with E-state index in [0.29, 0.717) is 16.5 Å². The van der Waals surface area contributed by atoms with Crippen LogP contribution in [0.15, 0.2) is 45.9 Å². The third-order valence-corrected chi connectivity index (χ3v) is 2.34. The summed E-state index contributed by atoms with van der Waals surface area (Å²) >= 11 is 5.89. The summed E-state index contributed by atoms with van der Waals surface area (Å²) in [5.41, 5.74) is 7.81. The van der Waals surface area contributed by atoms with Gasteiger partial charge in [-0.3, -0.25) is 0 Å². The largest absolute Gasteiger partial charge is 0.455 e. The summed E-state index contributed by atoms with van der Waals surface area (Å²) in [6, 6.07) is 10.1. The van der Waals surface area contributed by atoms with Crippen molar-refractivity contribution in [1.82, 2.24) is 5.43 Å². The Morgan fingerprint density at radius 2 is 2.22 bits per heavy atom. The van der Waals surface area contributed by atoms with E-state index in [2.05, 4.69) is 10.5 Å². The molecule has 0 aliphatic heterocycles. The van der Waals surface area contributed by atoms with Crippen LogP contribution in [-0.2, 0) is 0 Å². The van der Waals surface area contributed by atoms with Crippen molar-refractivity contribution in [2.75, 3.05) is 0 Å². The highest BCUT2D eigenvalue weighted by atomic mass is 35.5. The Morgan fingerprint density at radius 3 is 2.94 bits per heavy atom. The SMILES string of the molecule is NC(=O)N/N=C/c1ccc(-c2cccc(Cl)c2)o1. The number of benzene rings is 1. The number of amides is 2. The molecule has 6 heteroatoms. The molecule has 2 rings (SSSR count). The Morgan fingerprint density at radius 1 is 1.39 bits per heavy atom. The highest BCUT2D eigenvalue weighted by Gasteiger charge is 2.03. The average Bonchev–Trinajstić information content (AvgIpc) is 2.77. The van der Waals surface area contributed by atoms with Gasteiger partial charge in [-0.05, 0) is 24.3 Å². The maximum atomic E-state index is 10.4. The Labute approximate surface area is 108 Å². The van der Waals surface area contributed by atoms with Crippen molar-refractivity contribution < 1.29 is 9.21 Å². The molecule has 1 aromatic heterocycles. The minimum atomic E-state index is -0.729. The van der Waals surface area contributed by atoms with E-state index >= 15 is 0 Å². The van der Waals surface area contributed by atoms with Gasteiger partial charge in [-0.1, -0.05) is 23.7 Å². The number of urea groups is 1. The fourth-order valence-electron chi connectivity index (χ4n) is 1.38. The molecule has 0 aliphatic rings. The molecule has 1 heterocycles. The maximum Gasteiger partial charge on any atom is 0.332 e. The second kappa shape index (κ2) is 5.37. The molecule has 2 aromatic rings. The lowest BCUT2D eigenvalue weighted by Gasteiger charge is -1.96. The molecule has 92 valence electrons.